The molecule has 0 saturated carbocycles. The summed E-state index contributed by atoms with van der Waals surface area (Å²) >= 11 is 3.33. The highest BCUT2D eigenvalue weighted by molar-refractivity contribution is 9.09. The monoisotopic (exact) mass is 243 g/mol. The van der Waals surface area contributed by atoms with Crippen LogP contribution < -0.4 is 10.1 Å². The van der Waals surface area contributed by atoms with Gasteiger partial charge in [0, 0.05) is 0 Å². The van der Waals surface area contributed by atoms with Crippen molar-refractivity contribution in [2.75, 3.05) is 17.9 Å². The fourth-order valence-electron chi connectivity index (χ4n) is 1.17. The van der Waals surface area contributed by atoms with Crippen molar-refractivity contribution < 1.29 is 4.74 Å². The van der Waals surface area contributed by atoms with E-state index < -0.39 is 0 Å². The fraction of sp³-hybridized carbons (Fsp3) is 0.400. The number of methoxy groups -OCH3 is 1. The van der Waals surface area contributed by atoms with Crippen LogP contribution in [0.1, 0.15) is 11.1 Å². The average molecular weight is 244 g/mol. The molecule has 0 amide bonds. The summed E-state index contributed by atoms with van der Waals surface area (Å²) in [5.74, 6) is 0.891. The number of ether oxygens (including phenoxy) is 1. The Morgan fingerprint density at radius 3 is 2.46 bits per heavy atom. The van der Waals surface area contributed by atoms with E-state index in [2.05, 4.69) is 41.2 Å². The third-order valence-corrected chi connectivity index (χ3v) is 2.35. The molecule has 0 bridgehead atoms. The molecule has 0 aliphatic heterocycles. The van der Waals surface area contributed by atoms with Crippen LogP contribution in [0.4, 0.5) is 5.69 Å². The molecule has 72 valence electrons. The van der Waals surface area contributed by atoms with Gasteiger partial charge < -0.3 is 10.1 Å². The molecule has 0 unspecified atom stereocenters. The summed E-state index contributed by atoms with van der Waals surface area (Å²) in [7, 11) is 1.68. The van der Waals surface area contributed by atoms with Crippen LogP contribution in [0.5, 0.6) is 5.75 Å². The number of aryl methyl sites for hydroxylation is 2. The lowest BCUT2D eigenvalue weighted by atomic mass is 10.1. The zero-order valence-corrected chi connectivity index (χ0v) is 9.73. The van der Waals surface area contributed by atoms with Crippen molar-refractivity contribution in [2.45, 2.75) is 13.8 Å². The zero-order valence-electron chi connectivity index (χ0n) is 8.15. The van der Waals surface area contributed by atoms with Crippen LogP contribution >= 0.6 is 15.9 Å². The Morgan fingerprint density at radius 1 is 1.31 bits per heavy atom. The van der Waals surface area contributed by atoms with E-state index in [1.165, 1.54) is 11.1 Å². The molecule has 1 aromatic rings. The van der Waals surface area contributed by atoms with Crippen molar-refractivity contribution in [1.82, 2.24) is 0 Å². The third-order valence-electron chi connectivity index (χ3n) is 2.07. The van der Waals surface area contributed by atoms with Gasteiger partial charge in [0.2, 0.25) is 0 Å². The number of alkyl halides is 1. The van der Waals surface area contributed by atoms with Gasteiger partial charge in [0.1, 0.15) is 5.75 Å². The minimum absolute atomic E-state index is 0.728. The number of rotatable bonds is 3. The summed E-state index contributed by atoms with van der Waals surface area (Å²) in [6.45, 7) is 4.17. The van der Waals surface area contributed by atoms with E-state index >= 15 is 0 Å². The molecule has 0 aliphatic carbocycles. The Bertz CT molecular complexity index is 299. The molecule has 1 rings (SSSR count). The number of hydrogen-bond donors (Lipinski definition) is 1. The Morgan fingerprint density at radius 2 is 1.92 bits per heavy atom. The highest BCUT2D eigenvalue weighted by atomic mass is 79.9. The van der Waals surface area contributed by atoms with Gasteiger partial charge in [0.15, 0.2) is 0 Å². The Kier molecular flexibility index (Phi) is 3.60. The largest absolute Gasteiger partial charge is 0.495 e. The lowest BCUT2D eigenvalue weighted by Gasteiger charge is -2.11. The fourth-order valence-corrected chi connectivity index (χ4v) is 1.47. The SMILES string of the molecule is COc1cc(C)c(C)cc1NCBr. The van der Waals surface area contributed by atoms with Crippen molar-refractivity contribution in [2.24, 2.45) is 0 Å². The zero-order chi connectivity index (χ0) is 9.84. The van der Waals surface area contributed by atoms with Crippen molar-refractivity contribution in [1.29, 1.82) is 0 Å². The molecule has 0 aliphatic rings. The number of anilines is 1. The van der Waals surface area contributed by atoms with Gasteiger partial charge in [-0.15, -0.1) is 0 Å². The van der Waals surface area contributed by atoms with Crippen LogP contribution in [0.15, 0.2) is 12.1 Å². The maximum Gasteiger partial charge on any atom is 0.142 e. The Balaban J connectivity index is 3.09. The molecule has 3 heteroatoms. The molecule has 0 radical (unpaired) electrons. The van der Waals surface area contributed by atoms with Crippen LogP contribution in [0, 0.1) is 13.8 Å². The van der Waals surface area contributed by atoms with E-state index in [0.717, 1.165) is 16.9 Å². The number of hydrogen-bond acceptors (Lipinski definition) is 2. The molecule has 0 spiro atoms. The summed E-state index contributed by atoms with van der Waals surface area (Å²) in [5.41, 5.74) is 4.27. The summed E-state index contributed by atoms with van der Waals surface area (Å²) in [4.78, 5) is 0. The van der Waals surface area contributed by atoms with Crippen molar-refractivity contribution in [3.8, 4) is 5.75 Å². The molecule has 1 aromatic carbocycles. The van der Waals surface area contributed by atoms with E-state index in [4.69, 9.17) is 4.74 Å². The Hall–Kier alpha value is -0.700. The summed E-state index contributed by atoms with van der Waals surface area (Å²) < 4.78 is 5.25. The molecule has 0 heterocycles. The molecule has 0 atom stereocenters. The van der Waals surface area contributed by atoms with Crippen molar-refractivity contribution >= 4 is 21.6 Å². The summed E-state index contributed by atoms with van der Waals surface area (Å²) in [6.07, 6.45) is 0. The van der Waals surface area contributed by atoms with E-state index in [1.807, 2.05) is 6.07 Å². The van der Waals surface area contributed by atoms with Gasteiger partial charge in [-0.05, 0) is 37.1 Å². The number of benzene rings is 1. The van der Waals surface area contributed by atoms with Crippen molar-refractivity contribution in [3.05, 3.63) is 23.3 Å². The van der Waals surface area contributed by atoms with E-state index in [0.29, 0.717) is 0 Å². The predicted molar refractivity (Wildman–Crippen MR) is 59.9 cm³/mol. The van der Waals surface area contributed by atoms with Crippen molar-refractivity contribution in [3.63, 3.8) is 0 Å². The minimum atomic E-state index is 0.728. The highest BCUT2D eigenvalue weighted by Crippen LogP contribution is 2.27. The lowest BCUT2D eigenvalue weighted by molar-refractivity contribution is 0.416. The molecule has 0 fully saturated rings. The molecule has 13 heavy (non-hydrogen) atoms. The predicted octanol–water partition coefficient (Wildman–Crippen LogP) is 3.08. The molecule has 2 nitrogen and oxygen atoms in total. The topological polar surface area (TPSA) is 21.3 Å². The van der Waals surface area contributed by atoms with Crippen LogP contribution in [-0.2, 0) is 0 Å². The molecule has 1 N–H and O–H groups in total. The van der Waals surface area contributed by atoms with E-state index in [9.17, 15) is 0 Å². The highest BCUT2D eigenvalue weighted by Gasteiger charge is 2.03. The molecular formula is C10H14BrNO. The van der Waals surface area contributed by atoms with Crippen LogP contribution in [0.2, 0.25) is 0 Å². The molecule has 0 aromatic heterocycles. The second kappa shape index (κ2) is 4.51. The van der Waals surface area contributed by atoms with E-state index in [-0.39, 0.29) is 0 Å². The van der Waals surface area contributed by atoms with Crippen LogP contribution in [0.3, 0.4) is 0 Å². The average Bonchev–Trinajstić information content (AvgIpc) is 2.11. The minimum Gasteiger partial charge on any atom is -0.495 e. The maximum atomic E-state index is 5.25. The lowest BCUT2D eigenvalue weighted by Crippen LogP contribution is -1.98. The van der Waals surface area contributed by atoms with E-state index in [1.54, 1.807) is 7.11 Å². The smallest absolute Gasteiger partial charge is 0.142 e. The first-order chi connectivity index (χ1) is 6.19. The second-order valence-corrected chi connectivity index (χ2v) is 3.51. The number of nitrogens with one attached hydrogen (secondary N) is 1. The Labute approximate surface area is 87.4 Å². The normalized spacial score (nSPS) is 9.85. The second-order valence-electron chi connectivity index (χ2n) is 2.95. The van der Waals surface area contributed by atoms with Gasteiger partial charge in [-0.2, -0.15) is 0 Å². The maximum absolute atomic E-state index is 5.25. The summed E-state index contributed by atoms with van der Waals surface area (Å²) in [5, 5.41) is 3.19. The van der Waals surface area contributed by atoms with Crippen LogP contribution in [-0.4, -0.2) is 12.6 Å². The van der Waals surface area contributed by atoms with Gasteiger partial charge in [0.25, 0.3) is 0 Å². The standard InChI is InChI=1S/C10H14BrNO/c1-7-4-9(12-6-11)10(13-3)5-8(7)2/h4-5,12H,6H2,1-3H3. The van der Waals surface area contributed by atoms with Gasteiger partial charge in [0.05, 0.1) is 18.3 Å². The van der Waals surface area contributed by atoms with Gasteiger partial charge in [-0.3, -0.25) is 0 Å². The number of halogens is 1. The molecular weight excluding hydrogens is 230 g/mol. The first-order valence-electron chi connectivity index (χ1n) is 4.14. The molecule has 0 saturated heterocycles. The first-order valence-corrected chi connectivity index (χ1v) is 5.26. The third kappa shape index (κ3) is 2.37. The first kappa shape index (κ1) is 10.4. The van der Waals surface area contributed by atoms with Gasteiger partial charge in [-0.1, -0.05) is 15.9 Å². The summed E-state index contributed by atoms with van der Waals surface area (Å²) in [6, 6.07) is 4.13. The van der Waals surface area contributed by atoms with Crippen LogP contribution in [0.25, 0.3) is 0 Å². The van der Waals surface area contributed by atoms with Gasteiger partial charge >= 0.3 is 0 Å². The van der Waals surface area contributed by atoms with Gasteiger partial charge in [-0.25, -0.2) is 0 Å². The quantitative estimate of drug-likeness (QED) is 0.651.